The molecule has 0 saturated carbocycles. The van der Waals surface area contributed by atoms with Gasteiger partial charge in [0.1, 0.15) is 11.4 Å². The lowest BCUT2D eigenvalue weighted by molar-refractivity contribution is -0.192. The van der Waals surface area contributed by atoms with Crippen molar-refractivity contribution in [2.75, 3.05) is 59.1 Å². The van der Waals surface area contributed by atoms with Crippen molar-refractivity contribution in [3.8, 4) is 17.2 Å². The van der Waals surface area contributed by atoms with Gasteiger partial charge in [0, 0.05) is 37.4 Å². The van der Waals surface area contributed by atoms with Crippen molar-refractivity contribution in [2.45, 2.75) is 24.6 Å². The molecule has 2 saturated heterocycles. The van der Waals surface area contributed by atoms with E-state index in [9.17, 15) is 27.2 Å². The molecule has 0 radical (unpaired) electrons. The Morgan fingerprint density at radius 3 is 2.14 bits per heavy atom. The van der Waals surface area contributed by atoms with Gasteiger partial charge >= 0.3 is 12.1 Å². The minimum Gasteiger partial charge on any atom is -0.493 e. The number of anilines is 1. The van der Waals surface area contributed by atoms with Crippen molar-refractivity contribution in [2.24, 2.45) is 0 Å². The molecule has 0 atom stereocenters. The van der Waals surface area contributed by atoms with Gasteiger partial charge in [0.05, 0.1) is 28.0 Å². The zero-order valence-corrected chi connectivity index (χ0v) is 23.2. The van der Waals surface area contributed by atoms with Crippen LogP contribution >= 0.6 is 0 Å². The summed E-state index contributed by atoms with van der Waals surface area (Å²) in [4.78, 5) is 38.6. The Labute approximate surface area is 239 Å². The van der Waals surface area contributed by atoms with Gasteiger partial charge in [0.25, 0.3) is 5.91 Å². The molecule has 230 valence electrons. The summed E-state index contributed by atoms with van der Waals surface area (Å²) in [5.74, 6) is -2.09. The maximum absolute atomic E-state index is 13.8. The minimum absolute atomic E-state index is 0.0166. The molecule has 2 heterocycles. The van der Waals surface area contributed by atoms with E-state index in [0.717, 1.165) is 0 Å². The van der Waals surface area contributed by atoms with Crippen molar-refractivity contribution in [3.63, 3.8) is 0 Å². The summed E-state index contributed by atoms with van der Waals surface area (Å²) in [5, 5.41) is 13.0. The Morgan fingerprint density at radius 1 is 1.05 bits per heavy atom. The molecule has 1 spiro atoms. The molecule has 0 bridgehead atoms. The molecule has 2 amide bonds. The van der Waals surface area contributed by atoms with Crippen molar-refractivity contribution < 1.29 is 51.3 Å². The average Bonchev–Trinajstić information content (AvgIpc) is 3.27. The number of carboxylic acid groups (broad SMARTS) is 1. The highest BCUT2D eigenvalue weighted by Crippen LogP contribution is 2.38. The summed E-state index contributed by atoms with van der Waals surface area (Å²) in [6, 6.07) is 9.58. The zero-order valence-electron chi connectivity index (χ0n) is 23.2. The minimum atomic E-state index is -5.08. The van der Waals surface area contributed by atoms with Gasteiger partial charge in [-0.15, -0.1) is 0 Å². The largest absolute Gasteiger partial charge is 0.493 e. The van der Waals surface area contributed by atoms with Crippen LogP contribution in [0, 0.1) is 5.82 Å². The van der Waals surface area contributed by atoms with E-state index in [2.05, 4.69) is 15.5 Å². The van der Waals surface area contributed by atoms with Crippen LogP contribution in [-0.2, 0) is 9.59 Å². The van der Waals surface area contributed by atoms with E-state index < -0.39 is 17.7 Å². The monoisotopic (exact) mass is 600 g/mol. The second-order valence-corrected chi connectivity index (χ2v) is 9.42. The van der Waals surface area contributed by atoms with Gasteiger partial charge in [0.2, 0.25) is 11.7 Å². The van der Waals surface area contributed by atoms with Gasteiger partial charge in [-0.05, 0) is 43.2 Å². The van der Waals surface area contributed by atoms with E-state index in [1.165, 1.54) is 33.5 Å². The van der Waals surface area contributed by atoms with Gasteiger partial charge in [-0.3, -0.25) is 9.59 Å². The number of halogens is 4. The van der Waals surface area contributed by atoms with Gasteiger partial charge in [-0.25, -0.2) is 9.18 Å². The van der Waals surface area contributed by atoms with Gasteiger partial charge in [-0.1, -0.05) is 6.07 Å². The summed E-state index contributed by atoms with van der Waals surface area (Å²) < 4.78 is 61.5. The van der Waals surface area contributed by atoms with E-state index in [4.69, 9.17) is 24.1 Å². The molecule has 11 nitrogen and oxygen atoms in total. The van der Waals surface area contributed by atoms with Crippen LogP contribution in [0.5, 0.6) is 17.2 Å². The Balaban J connectivity index is 0.000000616. The highest BCUT2D eigenvalue weighted by Gasteiger charge is 2.50. The van der Waals surface area contributed by atoms with Crippen LogP contribution in [-0.4, -0.2) is 93.7 Å². The predicted octanol–water partition coefficient (Wildman–Crippen LogP) is 2.64. The van der Waals surface area contributed by atoms with Crippen LogP contribution in [0.15, 0.2) is 36.4 Å². The lowest BCUT2D eigenvalue weighted by Crippen LogP contribution is -2.57. The van der Waals surface area contributed by atoms with Crippen LogP contribution in [0.4, 0.5) is 23.2 Å². The maximum atomic E-state index is 13.8. The molecule has 15 heteroatoms. The number of ether oxygens (including phenoxy) is 3. The van der Waals surface area contributed by atoms with Gasteiger partial charge in [-0.2, -0.15) is 13.2 Å². The first kappa shape index (κ1) is 32.2. The zero-order chi connectivity index (χ0) is 31.1. The normalized spacial score (nSPS) is 16.3. The third-order valence-corrected chi connectivity index (χ3v) is 7.02. The molecule has 0 unspecified atom stereocenters. The summed E-state index contributed by atoms with van der Waals surface area (Å²) in [6.45, 7) is 2.85. The summed E-state index contributed by atoms with van der Waals surface area (Å²) >= 11 is 0. The Hall–Kier alpha value is -4.27. The fourth-order valence-corrected chi connectivity index (χ4v) is 4.86. The number of hydrogen-bond donors (Lipinski definition) is 3. The summed E-state index contributed by atoms with van der Waals surface area (Å²) in [6.07, 6.45) is -3.84. The standard InChI is InChI=1S/C25H31FN4O5.C2HF3O2/c1-33-20-13-17(14-21(34-2)22(20)35-3)23(31)27-9-12-29-10-7-25(8-11-29)24(32)28-16-30(25)19-6-4-5-18(26)15-19;3-2(4,5)1(6)7/h4-6,13-15H,7-12,16H2,1-3H3,(H,27,31)(H,28,32);(H,6,7). The molecule has 0 aromatic heterocycles. The molecule has 42 heavy (non-hydrogen) atoms. The molecule has 3 N–H and O–H groups in total. The number of rotatable bonds is 8. The number of amides is 2. The van der Waals surface area contributed by atoms with E-state index in [1.807, 2.05) is 11.0 Å². The third kappa shape index (κ3) is 7.32. The molecular weight excluding hydrogens is 568 g/mol. The van der Waals surface area contributed by atoms with Crippen LogP contribution in [0.3, 0.4) is 0 Å². The van der Waals surface area contributed by atoms with Gasteiger partial charge in [0.15, 0.2) is 11.5 Å². The van der Waals surface area contributed by atoms with Crippen LogP contribution < -0.4 is 29.7 Å². The number of carboxylic acids is 1. The predicted molar refractivity (Wildman–Crippen MR) is 142 cm³/mol. The topological polar surface area (TPSA) is 130 Å². The number of nitrogens with one attached hydrogen (secondary N) is 2. The number of alkyl halides is 3. The third-order valence-electron chi connectivity index (χ3n) is 7.02. The summed E-state index contributed by atoms with van der Waals surface area (Å²) in [7, 11) is 4.51. The highest BCUT2D eigenvalue weighted by atomic mass is 19.4. The number of methoxy groups -OCH3 is 3. The molecule has 2 aliphatic heterocycles. The van der Waals surface area contributed by atoms with E-state index >= 15 is 0 Å². The molecule has 2 aliphatic rings. The molecule has 2 aromatic rings. The number of hydrogen-bond acceptors (Lipinski definition) is 8. The van der Waals surface area contributed by atoms with E-state index in [1.54, 1.807) is 18.2 Å². The first-order chi connectivity index (χ1) is 19.9. The number of carbonyl (C=O) groups excluding carboxylic acids is 2. The number of benzene rings is 2. The number of aliphatic carboxylic acids is 1. The lowest BCUT2D eigenvalue weighted by Gasteiger charge is -2.43. The molecule has 0 aliphatic carbocycles. The number of likely N-dealkylation sites (tertiary alicyclic amines) is 1. The highest BCUT2D eigenvalue weighted by molar-refractivity contribution is 5.95. The Morgan fingerprint density at radius 2 is 1.64 bits per heavy atom. The van der Waals surface area contributed by atoms with Crippen molar-refractivity contribution >= 4 is 23.5 Å². The van der Waals surface area contributed by atoms with Crippen LogP contribution in [0.2, 0.25) is 0 Å². The fourth-order valence-electron chi connectivity index (χ4n) is 4.86. The van der Waals surface area contributed by atoms with E-state index in [0.29, 0.717) is 74.2 Å². The molecular formula is C27H32F4N4O7. The van der Waals surface area contributed by atoms with Crippen molar-refractivity contribution in [1.82, 2.24) is 15.5 Å². The first-order valence-electron chi connectivity index (χ1n) is 12.8. The Kier molecular flexibility index (Phi) is 10.4. The maximum Gasteiger partial charge on any atom is 0.490 e. The smallest absolute Gasteiger partial charge is 0.490 e. The van der Waals surface area contributed by atoms with E-state index in [-0.39, 0.29) is 17.6 Å². The number of piperidine rings is 1. The van der Waals surface area contributed by atoms with Crippen molar-refractivity contribution in [1.29, 1.82) is 0 Å². The molecule has 2 fully saturated rings. The van der Waals surface area contributed by atoms with Gasteiger partial charge < -0.3 is 39.8 Å². The lowest BCUT2D eigenvalue weighted by atomic mass is 9.85. The summed E-state index contributed by atoms with van der Waals surface area (Å²) in [5.41, 5.74) is 0.434. The van der Waals surface area contributed by atoms with Crippen molar-refractivity contribution in [3.05, 3.63) is 47.8 Å². The molecule has 2 aromatic carbocycles. The molecule has 4 rings (SSSR count). The average molecular weight is 601 g/mol. The SMILES string of the molecule is COc1cc(C(=O)NCCN2CCC3(CC2)C(=O)NCN3c2cccc(F)c2)cc(OC)c1OC.O=C(O)C(F)(F)F. The van der Waals surface area contributed by atoms with Crippen LogP contribution in [0.25, 0.3) is 0 Å². The second-order valence-electron chi connectivity index (χ2n) is 9.42. The number of nitrogens with zero attached hydrogens (tertiary/aromatic N) is 2. The first-order valence-corrected chi connectivity index (χ1v) is 12.8. The number of carbonyl (C=O) groups is 3. The quantitative estimate of drug-likeness (QED) is 0.392. The fraction of sp³-hybridized carbons (Fsp3) is 0.444. The second kappa shape index (κ2) is 13.6. The van der Waals surface area contributed by atoms with Crippen LogP contribution in [0.1, 0.15) is 23.2 Å². The Bertz CT molecular complexity index is 1260.